The van der Waals surface area contributed by atoms with Crippen molar-refractivity contribution in [1.82, 2.24) is 14.8 Å². The lowest BCUT2D eigenvalue weighted by Crippen LogP contribution is -1.96. The highest BCUT2D eigenvalue weighted by atomic mass is 15.3. The van der Waals surface area contributed by atoms with Crippen LogP contribution in [0.4, 0.5) is 0 Å². The predicted octanol–water partition coefficient (Wildman–Crippen LogP) is 1.09. The van der Waals surface area contributed by atoms with Gasteiger partial charge in [0.05, 0.1) is 0 Å². The summed E-state index contributed by atoms with van der Waals surface area (Å²) in [7, 11) is 0. The van der Waals surface area contributed by atoms with Crippen LogP contribution in [-0.4, -0.2) is 14.8 Å². The first kappa shape index (κ1) is 5.65. The Morgan fingerprint density at radius 1 is 1.50 bits per heavy atom. The first-order valence-electron chi connectivity index (χ1n) is 3.51. The zero-order valence-electron chi connectivity index (χ0n) is 5.70. The van der Waals surface area contributed by atoms with Crippen LogP contribution in [0.1, 0.15) is 18.7 Å². The molecule has 0 N–H and O–H groups in total. The molecule has 10 heavy (non-hydrogen) atoms. The molecule has 0 saturated carbocycles. The van der Waals surface area contributed by atoms with E-state index in [9.17, 15) is 0 Å². The van der Waals surface area contributed by atoms with Gasteiger partial charge >= 0.3 is 0 Å². The van der Waals surface area contributed by atoms with Crippen molar-refractivity contribution in [3.63, 3.8) is 0 Å². The minimum atomic E-state index is 0.984. The first-order chi connectivity index (χ1) is 4.97. The number of allylic oxidation sites excluding steroid dienone is 1. The van der Waals surface area contributed by atoms with Crippen LogP contribution in [0.5, 0.6) is 0 Å². The SMILES string of the molecule is C1=Cc2nncn2CCC1. The van der Waals surface area contributed by atoms with Crippen LogP contribution in [0, 0.1) is 0 Å². The summed E-state index contributed by atoms with van der Waals surface area (Å²) < 4.78 is 2.07. The Labute approximate surface area is 59.4 Å². The van der Waals surface area contributed by atoms with Crippen LogP contribution < -0.4 is 0 Å². The molecule has 2 rings (SSSR count). The second-order valence-electron chi connectivity index (χ2n) is 2.43. The second-order valence-corrected chi connectivity index (χ2v) is 2.43. The Morgan fingerprint density at radius 3 is 3.50 bits per heavy atom. The van der Waals surface area contributed by atoms with Crippen molar-refractivity contribution in [1.29, 1.82) is 0 Å². The largest absolute Gasteiger partial charge is 0.314 e. The van der Waals surface area contributed by atoms with E-state index in [4.69, 9.17) is 0 Å². The molecule has 0 bridgehead atoms. The minimum absolute atomic E-state index is 0.984. The quantitative estimate of drug-likeness (QED) is 0.533. The van der Waals surface area contributed by atoms with Crippen LogP contribution in [-0.2, 0) is 6.54 Å². The lowest BCUT2D eigenvalue weighted by molar-refractivity contribution is 0.652. The van der Waals surface area contributed by atoms with Gasteiger partial charge in [0.15, 0.2) is 5.82 Å². The monoisotopic (exact) mass is 135 g/mol. The molecule has 0 saturated heterocycles. The van der Waals surface area contributed by atoms with Gasteiger partial charge < -0.3 is 4.57 Å². The predicted molar refractivity (Wildman–Crippen MR) is 38.3 cm³/mol. The van der Waals surface area contributed by atoms with Gasteiger partial charge in [-0.15, -0.1) is 10.2 Å². The van der Waals surface area contributed by atoms with Crippen molar-refractivity contribution in [3.8, 4) is 0 Å². The van der Waals surface area contributed by atoms with Crippen molar-refractivity contribution in [3.05, 3.63) is 18.2 Å². The molecule has 0 amide bonds. The summed E-state index contributed by atoms with van der Waals surface area (Å²) in [6.07, 6.45) is 8.31. The standard InChI is InChI=1S/C7H9N3/c1-2-4-7-9-8-6-10(7)5-3-1/h2,4,6H,1,3,5H2. The van der Waals surface area contributed by atoms with E-state index in [2.05, 4.69) is 20.8 Å². The highest BCUT2D eigenvalue weighted by Crippen LogP contribution is 2.07. The van der Waals surface area contributed by atoms with Gasteiger partial charge in [-0.1, -0.05) is 6.08 Å². The molecule has 0 atom stereocenters. The van der Waals surface area contributed by atoms with Gasteiger partial charge in [-0.25, -0.2) is 0 Å². The van der Waals surface area contributed by atoms with Crippen molar-refractivity contribution in [2.24, 2.45) is 0 Å². The molecule has 1 aromatic heterocycles. The number of hydrogen-bond acceptors (Lipinski definition) is 2. The van der Waals surface area contributed by atoms with E-state index < -0.39 is 0 Å². The van der Waals surface area contributed by atoms with E-state index in [0.717, 1.165) is 18.8 Å². The maximum absolute atomic E-state index is 3.94. The highest BCUT2D eigenvalue weighted by molar-refractivity contribution is 5.39. The van der Waals surface area contributed by atoms with Gasteiger partial charge in [-0.3, -0.25) is 0 Å². The molecule has 0 unspecified atom stereocenters. The number of aromatic nitrogens is 3. The number of hydrogen-bond donors (Lipinski definition) is 0. The van der Waals surface area contributed by atoms with E-state index >= 15 is 0 Å². The highest BCUT2D eigenvalue weighted by Gasteiger charge is 2.01. The summed E-state index contributed by atoms with van der Waals surface area (Å²) in [6, 6.07) is 0. The fourth-order valence-corrected chi connectivity index (χ4v) is 1.13. The number of rotatable bonds is 0. The Morgan fingerprint density at radius 2 is 2.50 bits per heavy atom. The van der Waals surface area contributed by atoms with Gasteiger partial charge in [0.2, 0.25) is 0 Å². The fourth-order valence-electron chi connectivity index (χ4n) is 1.13. The molecule has 3 nitrogen and oxygen atoms in total. The summed E-state index contributed by atoms with van der Waals surface area (Å²) in [5, 5.41) is 7.75. The van der Waals surface area contributed by atoms with E-state index in [1.54, 1.807) is 6.33 Å². The van der Waals surface area contributed by atoms with Crippen LogP contribution >= 0.6 is 0 Å². The lowest BCUT2D eigenvalue weighted by Gasteiger charge is -1.96. The molecular weight excluding hydrogens is 126 g/mol. The first-order valence-corrected chi connectivity index (χ1v) is 3.51. The lowest BCUT2D eigenvalue weighted by atomic mass is 10.3. The normalized spacial score (nSPS) is 16.4. The molecule has 52 valence electrons. The molecule has 0 radical (unpaired) electrons. The molecule has 3 heteroatoms. The molecule has 2 heterocycles. The van der Waals surface area contributed by atoms with E-state index in [1.807, 2.05) is 6.08 Å². The molecule has 0 spiro atoms. The Balaban J connectivity index is 2.42. The van der Waals surface area contributed by atoms with Crippen molar-refractivity contribution in [2.45, 2.75) is 19.4 Å². The van der Waals surface area contributed by atoms with Gasteiger partial charge in [-0.2, -0.15) is 0 Å². The molecule has 1 aliphatic rings. The van der Waals surface area contributed by atoms with Crippen LogP contribution in [0.25, 0.3) is 6.08 Å². The zero-order chi connectivity index (χ0) is 6.81. The molecule has 1 aromatic rings. The molecular formula is C7H9N3. The van der Waals surface area contributed by atoms with Crippen molar-refractivity contribution < 1.29 is 0 Å². The number of nitrogens with zero attached hydrogens (tertiary/aromatic N) is 3. The second kappa shape index (κ2) is 2.25. The van der Waals surface area contributed by atoms with E-state index in [-0.39, 0.29) is 0 Å². The van der Waals surface area contributed by atoms with Crippen LogP contribution in [0.15, 0.2) is 12.4 Å². The smallest absolute Gasteiger partial charge is 0.156 e. The zero-order valence-corrected chi connectivity index (χ0v) is 5.70. The van der Waals surface area contributed by atoms with Crippen molar-refractivity contribution >= 4 is 6.08 Å². The van der Waals surface area contributed by atoms with E-state index in [1.165, 1.54) is 6.42 Å². The Kier molecular flexibility index (Phi) is 1.27. The molecule has 0 fully saturated rings. The molecule has 0 aliphatic carbocycles. The summed E-state index contributed by atoms with van der Waals surface area (Å²) in [4.78, 5) is 0. The third-order valence-electron chi connectivity index (χ3n) is 1.68. The summed E-state index contributed by atoms with van der Waals surface area (Å²) in [6.45, 7) is 1.05. The number of fused-ring (bicyclic) bond motifs is 1. The van der Waals surface area contributed by atoms with Gasteiger partial charge in [-0.05, 0) is 18.9 Å². The third-order valence-corrected chi connectivity index (χ3v) is 1.68. The summed E-state index contributed by atoms with van der Waals surface area (Å²) in [5.41, 5.74) is 0. The average Bonchev–Trinajstić information content (AvgIpc) is 2.28. The van der Waals surface area contributed by atoms with Crippen molar-refractivity contribution in [2.75, 3.05) is 0 Å². The van der Waals surface area contributed by atoms with Gasteiger partial charge in [0.1, 0.15) is 6.33 Å². The average molecular weight is 135 g/mol. The number of aryl methyl sites for hydroxylation is 1. The minimum Gasteiger partial charge on any atom is -0.314 e. The Hall–Kier alpha value is -1.12. The summed E-state index contributed by atoms with van der Waals surface area (Å²) in [5.74, 6) is 0.984. The third kappa shape index (κ3) is 0.835. The maximum Gasteiger partial charge on any atom is 0.156 e. The van der Waals surface area contributed by atoms with Gasteiger partial charge in [0, 0.05) is 6.54 Å². The van der Waals surface area contributed by atoms with Crippen LogP contribution in [0.3, 0.4) is 0 Å². The van der Waals surface area contributed by atoms with Gasteiger partial charge in [0.25, 0.3) is 0 Å². The molecule has 1 aliphatic heterocycles. The maximum atomic E-state index is 3.94. The summed E-state index contributed by atoms with van der Waals surface area (Å²) >= 11 is 0. The topological polar surface area (TPSA) is 30.7 Å². The Bertz CT molecular complexity index is 249. The van der Waals surface area contributed by atoms with Crippen LogP contribution in [0.2, 0.25) is 0 Å². The fraction of sp³-hybridized carbons (Fsp3) is 0.429. The van der Waals surface area contributed by atoms with E-state index in [0.29, 0.717) is 0 Å². The molecule has 0 aromatic carbocycles.